The van der Waals surface area contributed by atoms with E-state index in [-0.39, 0.29) is 6.42 Å². The molecule has 0 aliphatic carbocycles. The molecule has 0 bridgehead atoms. The summed E-state index contributed by atoms with van der Waals surface area (Å²) in [5.74, 6) is 1.80. The van der Waals surface area contributed by atoms with Crippen LogP contribution in [0.5, 0.6) is 0 Å². The second-order valence-corrected chi connectivity index (χ2v) is 6.51. The monoisotopic (exact) mass is 366 g/mol. The van der Waals surface area contributed by atoms with Gasteiger partial charge < -0.3 is 8.94 Å². The fourth-order valence-electron chi connectivity index (χ4n) is 2.71. The van der Waals surface area contributed by atoms with Gasteiger partial charge in [0.05, 0.1) is 0 Å². The standard InChI is InChI=1S/C19H15ClN4O2/c1-11-7-12(2)9-14(8-11)19-23-22-17(25-19)10-16-21-18(24-26-16)13-3-5-15(20)6-4-13/h3-9H,10H2,1-2H3. The molecule has 26 heavy (non-hydrogen) atoms. The van der Waals surface area contributed by atoms with E-state index in [0.29, 0.717) is 28.5 Å². The van der Waals surface area contributed by atoms with Gasteiger partial charge >= 0.3 is 0 Å². The SMILES string of the molecule is Cc1cc(C)cc(-c2nnc(Cc3nc(-c4ccc(Cl)cc4)no3)o2)c1. The lowest BCUT2D eigenvalue weighted by Crippen LogP contribution is -1.88. The summed E-state index contributed by atoms with van der Waals surface area (Å²) in [6.07, 6.45) is 0.276. The van der Waals surface area contributed by atoms with Gasteiger partial charge in [-0.25, -0.2) is 0 Å². The van der Waals surface area contributed by atoms with Gasteiger partial charge in [0.2, 0.25) is 23.5 Å². The van der Waals surface area contributed by atoms with Crippen LogP contribution in [0, 0.1) is 13.8 Å². The smallest absolute Gasteiger partial charge is 0.247 e. The van der Waals surface area contributed by atoms with Gasteiger partial charge in [0.1, 0.15) is 6.42 Å². The van der Waals surface area contributed by atoms with Crippen LogP contribution in [0.25, 0.3) is 22.8 Å². The molecular weight excluding hydrogens is 352 g/mol. The van der Waals surface area contributed by atoms with Crippen LogP contribution >= 0.6 is 11.6 Å². The highest BCUT2D eigenvalue weighted by molar-refractivity contribution is 6.30. The van der Waals surface area contributed by atoms with Crippen LogP contribution in [0.1, 0.15) is 22.9 Å². The van der Waals surface area contributed by atoms with Gasteiger partial charge in [-0.2, -0.15) is 4.98 Å². The van der Waals surface area contributed by atoms with Crippen molar-refractivity contribution in [1.29, 1.82) is 0 Å². The summed E-state index contributed by atoms with van der Waals surface area (Å²) >= 11 is 5.89. The van der Waals surface area contributed by atoms with Gasteiger partial charge in [-0.15, -0.1) is 10.2 Å². The van der Waals surface area contributed by atoms with Crippen molar-refractivity contribution in [2.75, 3.05) is 0 Å². The van der Waals surface area contributed by atoms with Gasteiger partial charge in [-0.3, -0.25) is 0 Å². The van der Waals surface area contributed by atoms with Crippen molar-refractivity contribution in [2.45, 2.75) is 20.3 Å². The Morgan fingerprint density at radius 1 is 0.885 bits per heavy atom. The second-order valence-electron chi connectivity index (χ2n) is 6.07. The van der Waals surface area contributed by atoms with Gasteiger partial charge in [-0.05, 0) is 50.2 Å². The van der Waals surface area contributed by atoms with Crippen molar-refractivity contribution in [3.05, 3.63) is 70.4 Å². The summed E-state index contributed by atoms with van der Waals surface area (Å²) in [5, 5.41) is 12.8. The van der Waals surface area contributed by atoms with Crippen LogP contribution in [0.2, 0.25) is 5.02 Å². The van der Waals surface area contributed by atoms with Gasteiger partial charge in [0, 0.05) is 16.1 Å². The lowest BCUT2D eigenvalue weighted by molar-refractivity contribution is 0.374. The molecule has 0 N–H and O–H groups in total. The van der Waals surface area contributed by atoms with E-state index in [1.165, 1.54) is 0 Å². The van der Waals surface area contributed by atoms with E-state index in [1.807, 2.05) is 38.1 Å². The molecule has 0 radical (unpaired) electrons. The lowest BCUT2D eigenvalue weighted by atomic mass is 10.1. The molecule has 0 amide bonds. The first-order valence-corrected chi connectivity index (χ1v) is 8.44. The highest BCUT2D eigenvalue weighted by Gasteiger charge is 2.15. The Hall–Kier alpha value is -2.99. The minimum absolute atomic E-state index is 0.276. The molecule has 2 aromatic carbocycles. The van der Waals surface area contributed by atoms with Crippen LogP contribution < -0.4 is 0 Å². The Balaban J connectivity index is 1.53. The fourth-order valence-corrected chi connectivity index (χ4v) is 2.84. The molecule has 0 unspecified atom stereocenters. The minimum Gasteiger partial charge on any atom is -0.420 e. The van der Waals surface area contributed by atoms with Crippen LogP contribution in [-0.2, 0) is 6.42 Å². The van der Waals surface area contributed by atoms with Crippen molar-refractivity contribution in [1.82, 2.24) is 20.3 Å². The van der Waals surface area contributed by atoms with Gasteiger partial charge in [0.15, 0.2) is 0 Å². The molecular formula is C19H15ClN4O2. The summed E-state index contributed by atoms with van der Waals surface area (Å²) in [6, 6.07) is 13.3. The number of hydrogen-bond donors (Lipinski definition) is 0. The molecule has 0 saturated carbocycles. The molecule has 7 heteroatoms. The zero-order valence-electron chi connectivity index (χ0n) is 14.2. The molecule has 2 heterocycles. The van der Waals surface area contributed by atoms with Crippen molar-refractivity contribution >= 4 is 11.6 Å². The molecule has 0 saturated heterocycles. The predicted octanol–water partition coefficient (Wildman–Crippen LogP) is 4.65. The normalized spacial score (nSPS) is 11.0. The van der Waals surface area contributed by atoms with E-state index < -0.39 is 0 Å². The number of halogens is 1. The van der Waals surface area contributed by atoms with Crippen molar-refractivity contribution in [3.63, 3.8) is 0 Å². The molecule has 130 valence electrons. The second kappa shape index (κ2) is 6.72. The Labute approximate surface area is 154 Å². The maximum atomic E-state index is 5.89. The van der Waals surface area contributed by atoms with Crippen LogP contribution in [-0.4, -0.2) is 20.3 Å². The van der Waals surface area contributed by atoms with E-state index in [0.717, 1.165) is 22.3 Å². The molecule has 0 fully saturated rings. The highest BCUT2D eigenvalue weighted by atomic mass is 35.5. The molecule has 0 spiro atoms. The Kier molecular flexibility index (Phi) is 4.26. The fraction of sp³-hybridized carbons (Fsp3) is 0.158. The number of hydrogen-bond acceptors (Lipinski definition) is 6. The van der Waals surface area contributed by atoms with Gasteiger partial charge in [-0.1, -0.05) is 34.0 Å². The zero-order valence-corrected chi connectivity index (χ0v) is 15.0. The van der Waals surface area contributed by atoms with E-state index >= 15 is 0 Å². The number of aryl methyl sites for hydroxylation is 2. The van der Waals surface area contributed by atoms with Crippen molar-refractivity contribution in [3.8, 4) is 22.8 Å². The number of nitrogens with zero attached hydrogens (tertiary/aromatic N) is 4. The maximum absolute atomic E-state index is 5.89. The number of rotatable bonds is 4. The Morgan fingerprint density at radius 2 is 1.62 bits per heavy atom. The Morgan fingerprint density at radius 3 is 2.35 bits per heavy atom. The zero-order chi connectivity index (χ0) is 18.1. The summed E-state index contributed by atoms with van der Waals surface area (Å²) in [6.45, 7) is 4.06. The van der Waals surface area contributed by atoms with E-state index in [4.69, 9.17) is 20.5 Å². The molecule has 2 aromatic heterocycles. The quantitative estimate of drug-likeness (QED) is 0.523. The molecule has 0 atom stereocenters. The first kappa shape index (κ1) is 16.5. The topological polar surface area (TPSA) is 77.8 Å². The van der Waals surface area contributed by atoms with Crippen LogP contribution in [0.15, 0.2) is 51.4 Å². The number of benzene rings is 2. The van der Waals surface area contributed by atoms with Crippen molar-refractivity contribution in [2.24, 2.45) is 0 Å². The van der Waals surface area contributed by atoms with Crippen LogP contribution in [0.3, 0.4) is 0 Å². The third-order valence-corrected chi connectivity index (χ3v) is 4.06. The average molecular weight is 367 g/mol. The molecule has 0 aliphatic rings. The predicted molar refractivity (Wildman–Crippen MR) is 96.8 cm³/mol. The van der Waals surface area contributed by atoms with Crippen molar-refractivity contribution < 1.29 is 8.94 Å². The minimum atomic E-state index is 0.276. The van der Waals surface area contributed by atoms with E-state index in [1.54, 1.807) is 12.1 Å². The third-order valence-electron chi connectivity index (χ3n) is 3.81. The Bertz CT molecular complexity index is 1030. The van der Waals surface area contributed by atoms with Crippen LogP contribution in [0.4, 0.5) is 0 Å². The van der Waals surface area contributed by atoms with E-state index in [2.05, 4.69) is 26.4 Å². The largest absolute Gasteiger partial charge is 0.420 e. The molecule has 4 aromatic rings. The lowest BCUT2D eigenvalue weighted by Gasteiger charge is -1.99. The molecule has 6 nitrogen and oxygen atoms in total. The summed E-state index contributed by atoms with van der Waals surface area (Å²) in [7, 11) is 0. The summed E-state index contributed by atoms with van der Waals surface area (Å²) in [5.41, 5.74) is 4.01. The maximum Gasteiger partial charge on any atom is 0.247 e. The summed E-state index contributed by atoms with van der Waals surface area (Å²) in [4.78, 5) is 4.37. The highest BCUT2D eigenvalue weighted by Crippen LogP contribution is 2.23. The first-order chi connectivity index (χ1) is 12.6. The molecule has 0 aliphatic heterocycles. The number of aromatic nitrogens is 4. The van der Waals surface area contributed by atoms with E-state index in [9.17, 15) is 0 Å². The third kappa shape index (κ3) is 3.50. The summed E-state index contributed by atoms with van der Waals surface area (Å²) < 4.78 is 11.0. The van der Waals surface area contributed by atoms with Gasteiger partial charge in [0.25, 0.3) is 0 Å². The molecule has 4 rings (SSSR count). The first-order valence-electron chi connectivity index (χ1n) is 8.06. The average Bonchev–Trinajstić information content (AvgIpc) is 3.25.